The summed E-state index contributed by atoms with van der Waals surface area (Å²) in [5, 5.41) is 1.03. The van der Waals surface area contributed by atoms with Gasteiger partial charge in [0, 0.05) is 5.33 Å². The molecule has 2 rings (SSSR count). The Bertz CT molecular complexity index is 235. The highest BCUT2D eigenvalue weighted by molar-refractivity contribution is 9.09. The van der Waals surface area contributed by atoms with Crippen molar-refractivity contribution in [2.24, 2.45) is 11.8 Å². The molecule has 2 aliphatic carbocycles. The van der Waals surface area contributed by atoms with Gasteiger partial charge in [0.1, 0.15) is 0 Å². The minimum absolute atomic E-state index is 0.170. The van der Waals surface area contributed by atoms with Crippen molar-refractivity contribution in [3.05, 3.63) is 0 Å². The molecule has 1 nitrogen and oxygen atoms in total. The Balaban J connectivity index is 1.90. The molecule has 0 heterocycles. The second-order valence-electron chi connectivity index (χ2n) is 6.38. The molecule has 2 fully saturated rings. The van der Waals surface area contributed by atoms with E-state index in [1.165, 1.54) is 51.4 Å². The van der Waals surface area contributed by atoms with E-state index in [-0.39, 0.29) is 5.60 Å². The molecule has 17 heavy (non-hydrogen) atoms. The predicted octanol–water partition coefficient (Wildman–Crippen LogP) is 4.93. The minimum atomic E-state index is 0.170. The summed E-state index contributed by atoms with van der Waals surface area (Å²) in [5.74, 6) is 1.73. The molecular weight excluding hydrogens is 276 g/mol. The lowest BCUT2D eigenvalue weighted by Crippen LogP contribution is -2.42. The molecule has 0 aromatic carbocycles. The third-order valence-corrected chi connectivity index (χ3v) is 6.00. The van der Waals surface area contributed by atoms with Crippen LogP contribution in [0.1, 0.15) is 65.2 Å². The standard InChI is InChI=1S/C15H27BrO/c1-12-6-7-14(10-13(12)2)17-15(11-16)8-4-3-5-9-15/h12-14H,3-11H2,1-2H3. The lowest BCUT2D eigenvalue weighted by molar-refractivity contribution is -0.118. The lowest BCUT2D eigenvalue weighted by Gasteiger charge is -2.42. The number of alkyl halides is 1. The zero-order valence-electron chi connectivity index (χ0n) is 11.4. The first-order chi connectivity index (χ1) is 8.15. The fraction of sp³-hybridized carbons (Fsp3) is 1.00. The van der Waals surface area contributed by atoms with E-state index in [0.717, 1.165) is 17.2 Å². The number of rotatable bonds is 3. The van der Waals surface area contributed by atoms with Gasteiger partial charge in [-0.25, -0.2) is 0 Å². The first kappa shape index (κ1) is 13.9. The summed E-state index contributed by atoms with van der Waals surface area (Å²) >= 11 is 3.70. The highest BCUT2D eigenvalue weighted by atomic mass is 79.9. The molecule has 3 atom stereocenters. The third kappa shape index (κ3) is 3.47. The van der Waals surface area contributed by atoms with E-state index < -0.39 is 0 Å². The van der Waals surface area contributed by atoms with Gasteiger partial charge in [0.2, 0.25) is 0 Å². The summed E-state index contributed by atoms with van der Waals surface area (Å²) in [7, 11) is 0. The second-order valence-corrected chi connectivity index (χ2v) is 6.95. The van der Waals surface area contributed by atoms with Crippen molar-refractivity contribution >= 4 is 15.9 Å². The van der Waals surface area contributed by atoms with Gasteiger partial charge in [-0.1, -0.05) is 49.0 Å². The molecule has 0 aromatic heterocycles. The molecule has 100 valence electrons. The maximum absolute atomic E-state index is 6.54. The van der Waals surface area contributed by atoms with Gasteiger partial charge < -0.3 is 4.74 Å². The average Bonchev–Trinajstić information content (AvgIpc) is 2.35. The van der Waals surface area contributed by atoms with Crippen LogP contribution in [0.5, 0.6) is 0 Å². The summed E-state index contributed by atoms with van der Waals surface area (Å²) in [6.07, 6.45) is 11.1. The molecule has 0 spiro atoms. The van der Waals surface area contributed by atoms with Crippen molar-refractivity contribution in [3.63, 3.8) is 0 Å². The van der Waals surface area contributed by atoms with Gasteiger partial charge in [0.15, 0.2) is 0 Å². The third-order valence-electron chi connectivity index (χ3n) is 4.98. The van der Waals surface area contributed by atoms with E-state index in [4.69, 9.17) is 4.74 Å². The van der Waals surface area contributed by atoms with Gasteiger partial charge in [0.25, 0.3) is 0 Å². The zero-order valence-corrected chi connectivity index (χ0v) is 13.0. The monoisotopic (exact) mass is 302 g/mol. The Labute approximate surface area is 115 Å². The van der Waals surface area contributed by atoms with Gasteiger partial charge in [-0.3, -0.25) is 0 Å². The van der Waals surface area contributed by atoms with E-state index in [1.54, 1.807) is 0 Å². The van der Waals surface area contributed by atoms with Crippen LogP contribution < -0.4 is 0 Å². The molecule has 0 bridgehead atoms. The van der Waals surface area contributed by atoms with Crippen molar-refractivity contribution in [2.75, 3.05) is 5.33 Å². The smallest absolute Gasteiger partial charge is 0.0782 e. The molecule has 3 unspecified atom stereocenters. The van der Waals surface area contributed by atoms with Crippen LogP contribution in [0.25, 0.3) is 0 Å². The van der Waals surface area contributed by atoms with Crippen molar-refractivity contribution in [1.29, 1.82) is 0 Å². The summed E-state index contributed by atoms with van der Waals surface area (Å²) in [6.45, 7) is 4.78. The molecule has 0 N–H and O–H groups in total. The minimum Gasteiger partial charge on any atom is -0.371 e. The Morgan fingerprint density at radius 2 is 1.76 bits per heavy atom. The summed E-state index contributed by atoms with van der Waals surface area (Å²) in [4.78, 5) is 0. The molecule has 2 aliphatic rings. The topological polar surface area (TPSA) is 9.23 Å². The van der Waals surface area contributed by atoms with Crippen LogP contribution in [0, 0.1) is 11.8 Å². The van der Waals surface area contributed by atoms with Gasteiger partial charge in [-0.2, -0.15) is 0 Å². The highest BCUT2D eigenvalue weighted by Gasteiger charge is 2.36. The van der Waals surface area contributed by atoms with Crippen molar-refractivity contribution in [2.45, 2.75) is 76.9 Å². The number of halogens is 1. The molecule has 0 amide bonds. The molecular formula is C15H27BrO. The summed E-state index contributed by atoms with van der Waals surface area (Å²) in [5.41, 5.74) is 0.170. The van der Waals surface area contributed by atoms with Gasteiger partial charge >= 0.3 is 0 Å². The van der Waals surface area contributed by atoms with Crippen LogP contribution >= 0.6 is 15.9 Å². The van der Waals surface area contributed by atoms with Gasteiger partial charge in [0.05, 0.1) is 11.7 Å². The van der Waals surface area contributed by atoms with E-state index in [1.807, 2.05) is 0 Å². The van der Waals surface area contributed by atoms with E-state index in [9.17, 15) is 0 Å². The Hall–Kier alpha value is 0.440. The van der Waals surface area contributed by atoms with E-state index in [2.05, 4.69) is 29.8 Å². The molecule has 2 heteroatoms. The molecule has 0 aliphatic heterocycles. The van der Waals surface area contributed by atoms with Gasteiger partial charge in [-0.15, -0.1) is 0 Å². The molecule has 2 saturated carbocycles. The van der Waals surface area contributed by atoms with Crippen molar-refractivity contribution in [1.82, 2.24) is 0 Å². The highest BCUT2D eigenvalue weighted by Crippen LogP contribution is 2.39. The van der Waals surface area contributed by atoms with Crippen LogP contribution in [0.2, 0.25) is 0 Å². The molecule has 0 radical (unpaired) electrons. The number of hydrogen-bond donors (Lipinski definition) is 0. The molecule has 0 saturated heterocycles. The molecule has 0 aromatic rings. The fourth-order valence-corrected chi connectivity index (χ4v) is 4.13. The lowest BCUT2D eigenvalue weighted by atomic mass is 9.79. The normalized spacial score (nSPS) is 37.9. The van der Waals surface area contributed by atoms with Crippen molar-refractivity contribution < 1.29 is 4.74 Å². The van der Waals surface area contributed by atoms with Gasteiger partial charge in [-0.05, 0) is 43.9 Å². The zero-order chi connectivity index (χ0) is 12.3. The summed E-state index contributed by atoms with van der Waals surface area (Å²) < 4.78 is 6.54. The number of hydrogen-bond acceptors (Lipinski definition) is 1. The van der Waals surface area contributed by atoms with Crippen LogP contribution in [0.15, 0.2) is 0 Å². The van der Waals surface area contributed by atoms with Crippen LogP contribution in [-0.4, -0.2) is 17.0 Å². The maximum Gasteiger partial charge on any atom is 0.0782 e. The Kier molecular flexibility index (Phi) is 4.94. The maximum atomic E-state index is 6.54. The second kappa shape index (κ2) is 6.06. The first-order valence-electron chi connectivity index (χ1n) is 7.39. The van der Waals surface area contributed by atoms with Crippen LogP contribution in [0.4, 0.5) is 0 Å². The SMILES string of the molecule is CC1CCC(OC2(CBr)CCCCC2)CC1C. The quantitative estimate of drug-likeness (QED) is 0.672. The average molecular weight is 303 g/mol. The van der Waals surface area contributed by atoms with Crippen LogP contribution in [-0.2, 0) is 4.74 Å². The summed E-state index contributed by atoms with van der Waals surface area (Å²) in [6, 6.07) is 0. The van der Waals surface area contributed by atoms with E-state index in [0.29, 0.717) is 6.10 Å². The van der Waals surface area contributed by atoms with Crippen molar-refractivity contribution in [3.8, 4) is 0 Å². The Morgan fingerprint density at radius 3 is 2.35 bits per heavy atom. The fourth-order valence-electron chi connectivity index (χ4n) is 3.44. The largest absolute Gasteiger partial charge is 0.371 e. The predicted molar refractivity (Wildman–Crippen MR) is 76.7 cm³/mol. The Morgan fingerprint density at radius 1 is 1.06 bits per heavy atom. The van der Waals surface area contributed by atoms with E-state index >= 15 is 0 Å². The number of ether oxygens (including phenoxy) is 1. The van der Waals surface area contributed by atoms with Crippen LogP contribution in [0.3, 0.4) is 0 Å². The first-order valence-corrected chi connectivity index (χ1v) is 8.51.